The van der Waals surface area contributed by atoms with Gasteiger partial charge in [-0.25, -0.2) is 70.2 Å². The summed E-state index contributed by atoms with van der Waals surface area (Å²) in [7, 11) is 0. The van der Waals surface area contributed by atoms with Crippen LogP contribution in [0.4, 0.5) is 70.2 Å². The molecule has 0 aliphatic heterocycles. The monoisotopic (exact) mass is 632 g/mol. The number of halogens is 16. The third kappa shape index (κ3) is 4.22. The Hall–Kier alpha value is -3.28. The van der Waals surface area contributed by atoms with Crippen LogP contribution in [-0.2, 0) is 0 Å². The molecule has 212 valence electrons. The topological polar surface area (TPSA) is 0 Å². The minimum Gasteiger partial charge on any atom is -0.205 e. The molecule has 0 bridgehead atoms. The van der Waals surface area contributed by atoms with Gasteiger partial charge in [-0.15, -0.1) is 0 Å². The minimum absolute atomic E-state index is 1.03. The van der Waals surface area contributed by atoms with Gasteiger partial charge < -0.3 is 0 Å². The summed E-state index contributed by atoms with van der Waals surface area (Å²) in [5.41, 5.74) is 0. The van der Waals surface area contributed by atoms with E-state index < -0.39 is 147 Å². The molecule has 0 radical (unpaired) electrons. The Morgan fingerprint density at radius 3 is 0.625 bits per heavy atom. The minimum atomic E-state index is -2.70. The molecule has 40 heavy (non-hydrogen) atoms. The Morgan fingerprint density at radius 2 is 0.375 bits per heavy atom. The van der Waals surface area contributed by atoms with Gasteiger partial charge >= 0.3 is 0 Å². The zero-order chi connectivity index (χ0) is 30.1. The average Bonchev–Trinajstić information content (AvgIpc) is 2.92. The molecule has 0 N–H and O–H groups in total. The number of rotatable bonds is 4. The molecule has 0 heterocycles. The van der Waals surface area contributed by atoms with E-state index in [0.717, 1.165) is 0 Å². The lowest BCUT2D eigenvalue weighted by atomic mass is 10.1. The van der Waals surface area contributed by atoms with Crippen molar-refractivity contribution in [2.75, 3.05) is 0 Å². The molecule has 0 nitrogen and oxygen atoms in total. The van der Waals surface area contributed by atoms with Gasteiger partial charge in [-0.2, -0.15) is 0 Å². The lowest BCUT2D eigenvalue weighted by Crippen LogP contribution is -2.07. The van der Waals surface area contributed by atoms with Gasteiger partial charge in [-0.05, 0) is 0 Å². The molecule has 0 saturated heterocycles. The summed E-state index contributed by atoms with van der Waals surface area (Å²) in [6.07, 6.45) is 0. The molecule has 0 aliphatic rings. The Labute approximate surface area is 217 Å². The molecule has 0 amide bonds. The number of fused-ring (bicyclic) bond motifs is 1. The van der Waals surface area contributed by atoms with Gasteiger partial charge in [0.25, 0.3) is 0 Å². The van der Waals surface area contributed by atoms with Gasteiger partial charge in [0.1, 0.15) is 0 Å². The van der Waals surface area contributed by atoms with E-state index in [4.69, 9.17) is 0 Å². The normalized spacial score (nSPS) is 11.7. The van der Waals surface area contributed by atoms with Crippen LogP contribution in [0.2, 0.25) is 0 Å². The SMILES string of the molecule is Fc1c(F)c(F)c(Sc2c(F)c(F)c3c(F)c(Sc4c(F)c(F)c(F)c(F)c4F)c(F)c(F)c3c2F)c(F)c1F. The second-order valence-electron chi connectivity index (χ2n) is 7.29. The summed E-state index contributed by atoms with van der Waals surface area (Å²) in [5.74, 6) is -42.2. The number of benzene rings is 4. The van der Waals surface area contributed by atoms with E-state index in [1.165, 1.54) is 0 Å². The molecule has 0 aromatic heterocycles. The van der Waals surface area contributed by atoms with Crippen LogP contribution in [0, 0.1) is 93.1 Å². The third-order valence-electron chi connectivity index (χ3n) is 5.06. The molecule has 4 aromatic rings. The first-order chi connectivity index (χ1) is 18.5. The summed E-state index contributed by atoms with van der Waals surface area (Å²) in [5, 5.41) is -4.30. The third-order valence-corrected chi connectivity index (χ3v) is 7.31. The number of hydrogen-bond donors (Lipinski definition) is 0. The molecule has 0 atom stereocenters. The Morgan fingerprint density at radius 1 is 0.200 bits per heavy atom. The zero-order valence-corrected chi connectivity index (χ0v) is 19.5. The maximum Gasteiger partial charge on any atom is 0.200 e. The van der Waals surface area contributed by atoms with E-state index in [2.05, 4.69) is 0 Å². The predicted molar refractivity (Wildman–Crippen MR) is 104 cm³/mol. The van der Waals surface area contributed by atoms with Gasteiger partial charge in [0, 0.05) is 0 Å². The first-order valence-electron chi connectivity index (χ1n) is 9.59. The van der Waals surface area contributed by atoms with Crippen molar-refractivity contribution in [2.24, 2.45) is 0 Å². The highest BCUT2D eigenvalue weighted by molar-refractivity contribution is 7.99. The highest BCUT2D eigenvalue weighted by Crippen LogP contribution is 2.46. The van der Waals surface area contributed by atoms with Gasteiger partial charge in [-0.3, -0.25) is 0 Å². The standard InChI is InChI=1S/C22F16S2/c23-3-1-2(6(26)20(13(3)33)40-22-17(37)11(31)8(28)12(32)18(22)38)4(24)14(34)19(5(1)25)39-21-15(35)9(29)7(27)10(30)16(21)36. The van der Waals surface area contributed by atoms with Crippen LogP contribution < -0.4 is 0 Å². The lowest BCUT2D eigenvalue weighted by Gasteiger charge is -2.15. The lowest BCUT2D eigenvalue weighted by molar-refractivity contribution is 0.360. The van der Waals surface area contributed by atoms with Crippen molar-refractivity contribution in [1.29, 1.82) is 0 Å². The zero-order valence-electron chi connectivity index (χ0n) is 17.9. The highest BCUT2D eigenvalue weighted by atomic mass is 32.2. The van der Waals surface area contributed by atoms with E-state index in [-0.39, 0.29) is 0 Å². The van der Waals surface area contributed by atoms with Crippen molar-refractivity contribution < 1.29 is 70.2 Å². The molecular formula is C22F16S2. The Bertz CT molecular complexity index is 1580. The Kier molecular flexibility index (Phi) is 7.63. The van der Waals surface area contributed by atoms with Crippen molar-refractivity contribution >= 4 is 34.3 Å². The van der Waals surface area contributed by atoms with Crippen molar-refractivity contribution in [3.8, 4) is 0 Å². The molecule has 0 aliphatic carbocycles. The molecule has 0 spiro atoms. The molecule has 4 aromatic carbocycles. The van der Waals surface area contributed by atoms with E-state index >= 15 is 8.78 Å². The van der Waals surface area contributed by atoms with Crippen LogP contribution >= 0.6 is 23.5 Å². The van der Waals surface area contributed by atoms with Crippen LogP contribution in [0.5, 0.6) is 0 Å². The summed E-state index contributed by atoms with van der Waals surface area (Å²) in [6.45, 7) is 0. The predicted octanol–water partition coefficient (Wildman–Crippen LogP) is 9.37. The first-order valence-corrected chi connectivity index (χ1v) is 11.2. The number of hydrogen-bond acceptors (Lipinski definition) is 2. The molecule has 0 saturated carbocycles. The first kappa shape index (κ1) is 29.7. The van der Waals surface area contributed by atoms with E-state index in [0.29, 0.717) is 0 Å². The molecule has 18 heteroatoms. The fraction of sp³-hybridized carbons (Fsp3) is 0. The van der Waals surface area contributed by atoms with Gasteiger partial charge in [0.05, 0.1) is 30.4 Å². The molecular weight excluding hydrogens is 632 g/mol. The Balaban J connectivity index is 1.99. The van der Waals surface area contributed by atoms with Crippen molar-refractivity contribution in [1.82, 2.24) is 0 Å². The van der Waals surface area contributed by atoms with Crippen molar-refractivity contribution in [3.63, 3.8) is 0 Å². The molecule has 0 fully saturated rings. The van der Waals surface area contributed by atoms with Crippen molar-refractivity contribution in [2.45, 2.75) is 19.6 Å². The molecule has 4 rings (SSSR count). The largest absolute Gasteiger partial charge is 0.205 e. The quantitative estimate of drug-likeness (QED) is 0.125. The maximum atomic E-state index is 15.0. The van der Waals surface area contributed by atoms with Crippen LogP contribution in [0.3, 0.4) is 0 Å². The summed E-state index contributed by atoms with van der Waals surface area (Å²) < 4.78 is 225. The van der Waals surface area contributed by atoms with E-state index in [9.17, 15) is 61.5 Å². The second kappa shape index (κ2) is 10.3. The molecule has 0 unspecified atom stereocenters. The average molecular weight is 632 g/mol. The summed E-state index contributed by atoms with van der Waals surface area (Å²) in [6, 6.07) is 0. The van der Waals surface area contributed by atoms with Crippen LogP contribution in [0.25, 0.3) is 10.8 Å². The summed E-state index contributed by atoms with van der Waals surface area (Å²) >= 11 is -2.05. The van der Waals surface area contributed by atoms with Gasteiger partial charge in [-0.1, -0.05) is 23.5 Å². The van der Waals surface area contributed by atoms with Crippen LogP contribution in [-0.4, -0.2) is 0 Å². The fourth-order valence-corrected chi connectivity index (χ4v) is 5.07. The summed E-state index contributed by atoms with van der Waals surface area (Å²) in [4.78, 5) is -8.17. The van der Waals surface area contributed by atoms with Gasteiger partial charge in [0.15, 0.2) is 81.4 Å². The van der Waals surface area contributed by atoms with Crippen molar-refractivity contribution in [3.05, 3.63) is 93.1 Å². The second-order valence-corrected chi connectivity index (χ2v) is 9.34. The van der Waals surface area contributed by atoms with E-state index in [1.54, 1.807) is 0 Å². The van der Waals surface area contributed by atoms with Gasteiger partial charge in [0.2, 0.25) is 11.6 Å². The smallest absolute Gasteiger partial charge is 0.200 e. The maximum absolute atomic E-state index is 15.0. The van der Waals surface area contributed by atoms with Crippen LogP contribution in [0.15, 0.2) is 19.6 Å². The fourth-order valence-electron chi connectivity index (χ4n) is 3.20. The van der Waals surface area contributed by atoms with Crippen LogP contribution in [0.1, 0.15) is 0 Å². The highest BCUT2D eigenvalue weighted by Gasteiger charge is 2.35. The van der Waals surface area contributed by atoms with E-state index in [1.807, 2.05) is 0 Å².